The minimum absolute atomic E-state index is 0.273. The Morgan fingerprint density at radius 2 is 1.92 bits per heavy atom. The maximum absolute atomic E-state index is 14.1. The fourth-order valence-electron chi connectivity index (χ4n) is 5.93. The van der Waals surface area contributed by atoms with E-state index in [1.54, 1.807) is 12.1 Å². The Morgan fingerprint density at radius 1 is 0.972 bits per heavy atom. The van der Waals surface area contributed by atoms with Gasteiger partial charge in [0.25, 0.3) is 0 Å². The number of aromatic nitrogens is 4. The number of benzene rings is 1. The number of anilines is 1. The molecule has 2 fully saturated rings. The summed E-state index contributed by atoms with van der Waals surface area (Å²) in [5, 5.41) is 4.49. The molecule has 1 spiro atoms. The van der Waals surface area contributed by atoms with Gasteiger partial charge in [0, 0.05) is 53.2 Å². The molecule has 6 heterocycles. The molecule has 0 radical (unpaired) electrons. The molecule has 0 bridgehead atoms. The molecule has 6 nitrogen and oxygen atoms in total. The maximum Gasteiger partial charge on any atom is 0.137 e. The van der Waals surface area contributed by atoms with Crippen LogP contribution in [-0.4, -0.2) is 44.5 Å². The number of nitrogens with one attached hydrogen (secondary N) is 1. The summed E-state index contributed by atoms with van der Waals surface area (Å²) in [4.78, 5) is 16.4. The van der Waals surface area contributed by atoms with E-state index in [0.717, 1.165) is 70.1 Å². The third-order valence-electron chi connectivity index (χ3n) is 7.78. The van der Waals surface area contributed by atoms with Crippen molar-refractivity contribution in [1.82, 2.24) is 24.7 Å². The molecule has 1 aromatic carbocycles. The third kappa shape index (κ3) is 3.54. The van der Waals surface area contributed by atoms with E-state index in [1.165, 1.54) is 25.3 Å². The predicted octanol–water partition coefficient (Wildman–Crippen LogP) is 5.39. The van der Waals surface area contributed by atoms with E-state index in [1.807, 2.05) is 36.0 Å². The number of nitrogens with zero attached hydrogens (tertiary/aromatic N) is 5. The number of hydrogen-bond acceptors (Lipinski definition) is 5. The van der Waals surface area contributed by atoms with Crippen LogP contribution in [0.1, 0.15) is 25.0 Å². The molecule has 36 heavy (non-hydrogen) atoms. The Kier molecular flexibility index (Phi) is 4.82. The molecule has 5 aromatic rings. The minimum Gasteiger partial charge on any atom is -0.355 e. The van der Waals surface area contributed by atoms with Crippen LogP contribution < -0.4 is 10.2 Å². The topological polar surface area (TPSA) is 58.4 Å². The van der Waals surface area contributed by atoms with Gasteiger partial charge in [0.1, 0.15) is 17.3 Å². The largest absolute Gasteiger partial charge is 0.355 e. The normalized spacial score (nSPS) is 19.8. The Morgan fingerprint density at radius 3 is 2.75 bits per heavy atom. The van der Waals surface area contributed by atoms with Gasteiger partial charge < -0.3 is 10.2 Å². The number of rotatable bonds is 3. The van der Waals surface area contributed by atoms with Gasteiger partial charge in [-0.25, -0.2) is 14.4 Å². The standard InChI is InChI=1S/C29H27FN6/c1-19-13-24(23-15-22(30)4-5-25(23)34-19)26-17-32-28-14-20(7-11-36(26)28)21-3-6-27(31-16-21)35-12-9-29(18-35)8-2-10-33-29/h3-7,11,13-17,33H,2,8-10,12,18H2,1H3. The Labute approximate surface area is 208 Å². The zero-order valence-electron chi connectivity index (χ0n) is 20.2. The highest BCUT2D eigenvalue weighted by molar-refractivity contribution is 5.94. The van der Waals surface area contributed by atoms with Crippen LogP contribution in [0, 0.1) is 12.7 Å². The number of pyridine rings is 3. The number of hydrogen-bond donors (Lipinski definition) is 1. The van der Waals surface area contributed by atoms with Crippen LogP contribution in [-0.2, 0) is 0 Å². The fraction of sp³-hybridized carbons (Fsp3) is 0.276. The van der Waals surface area contributed by atoms with E-state index >= 15 is 0 Å². The summed E-state index contributed by atoms with van der Waals surface area (Å²) in [5.41, 5.74) is 6.74. The fourth-order valence-corrected chi connectivity index (χ4v) is 5.93. The van der Waals surface area contributed by atoms with Crippen molar-refractivity contribution < 1.29 is 4.39 Å². The first-order valence-corrected chi connectivity index (χ1v) is 12.6. The second-order valence-corrected chi connectivity index (χ2v) is 10.1. The van der Waals surface area contributed by atoms with Gasteiger partial charge in [-0.2, -0.15) is 0 Å². The zero-order chi connectivity index (χ0) is 24.3. The molecule has 0 amide bonds. The third-order valence-corrected chi connectivity index (χ3v) is 7.78. The van der Waals surface area contributed by atoms with E-state index < -0.39 is 0 Å². The average Bonchev–Trinajstić information content (AvgIpc) is 3.64. The molecular weight excluding hydrogens is 451 g/mol. The van der Waals surface area contributed by atoms with E-state index in [9.17, 15) is 4.39 Å². The van der Waals surface area contributed by atoms with Crippen LogP contribution in [0.2, 0.25) is 0 Å². The highest BCUT2D eigenvalue weighted by atomic mass is 19.1. The average molecular weight is 479 g/mol. The summed E-state index contributed by atoms with van der Waals surface area (Å²) in [6, 6.07) is 15.1. The first-order chi connectivity index (χ1) is 17.6. The predicted molar refractivity (Wildman–Crippen MR) is 141 cm³/mol. The number of aryl methyl sites for hydroxylation is 1. The van der Waals surface area contributed by atoms with Gasteiger partial charge in [-0.3, -0.25) is 9.38 Å². The lowest BCUT2D eigenvalue weighted by Crippen LogP contribution is -2.42. The summed E-state index contributed by atoms with van der Waals surface area (Å²) in [6.45, 7) is 5.17. The van der Waals surface area contributed by atoms with E-state index in [-0.39, 0.29) is 11.4 Å². The number of fused-ring (bicyclic) bond motifs is 2. The van der Waals surface area contributed by atoms with Crippen molar-refractivity contribution in [2.24, 2.45) is 0 Å². The first-order valence-electron chi connectivity index (χ1n) is 12.6. The molecule has 2 saturated heterocycles. The molecule has 4 aromatic heterocycles. The lowest BCUT2D eigenvalue weighted by molar-refractivity contribution is 0.418. The van der Waals surface area contributed by atoms with Crippen LogP contribution in [0.3, 0.4) is 0 Å². The molecule has 0 aliphatic carbocycles. The molecule has 2 aliphatic heterocycles. The summed E-state index contributed by atoms with van der Waals surface area (Å²) in [7, 11) is 0. The van der Waals surface area contributed by atoms with E-state index in [0.29, 0.717) is 0 Å². The Balaban J connectivity index is 1.20. The molecule has 7 heteroatoms. The number of halogens is 1. The number of imidazole rings is 1. The van der Waals surface area contributed by atoms with Crippen molar-refractivity contribution in [2.45, 2.75) is 31.7 Å². The maximum atomic E-state index is 14.1. The van der Waals surface area contributed by atoms with Gasteiger partial charge >= 0.3 is 0 Å². The van der Waals surface area contributed by atoms with Crippen molar-refractivity contribution in [1.29, 1.82) is 0 Å². The van der Waals surface area contributed by atoms with Crippen LogP contribution in [0.4, 0.5) is 10.2 Å². The Hall–Kier alpha value is -3.84. The van der Waals surface area contributed by atoms with Gasteiger partial charge in [-0.15, -0.1) is 0 Å². The highest BCUT2D eigenvalue weighted by Gasteiger charge is 2.40. The minimum atomic E-state index is -0.273. The van der Waals surface area contributed by atoms with E-state index in [2.05, 4.69) is 44.5 Å². The molecule has 1 N–H and O–H groups in total. The molecule has 1 atom stereocenters. The first kappa shape index (κ1) is 21.4. The lowest BCUT2D eigenvalue weighted by Gasteiger charge is -2.24. The molecule has 1 unspecified atom stereocenters. The molecule has 2 aliphatic rings. The van der Waals surface area contributed by atoms with Gasteiger partial charge in [0.05, 0.1) is 17.4 Å². The summed E-state index contributed by atoms with van der Waals surface area (Å²) in [5.74, 6) is 0.769. The quantitative estimate of drug-likeness (QED) is 0.377. The Bertz CT molecular complexity index is 1600. The van der Waals surface area contributed by atoms with Crippen LogP contribution >= 0.6 is 0 Å². The van der Waals surface area contributed by atoms with Crippen molar-refractivity contribution in [3.05, 3.63) is 78.6 Å². The van der Waals surface area contributed by atoms with Gasteiger partial charge in [0.15, 0.2) is 0 Å². The van der Waals surface area contributed by atoms with Crippen LogP contribution in [0.15, 0.2) is 67.1 Å². The van der Waals surface area contributed by atoms with Crippen molar-refractivity contribution in [3.63, 3.8) is 0 Å². The monoisotopic (exact) mass is 478 g/mol. The summed E-state index contributed by atoms with van der Waals surface area (Å²) in [6.07, 6.45) is 9.55. The van der Waals surface area contributed by atoms with Crippen molar-refractivity contribution in [2.75, 3.05) is 24.5 Å². The molecule has 0 saturated carbocycles. The van der Waals surface area contributed by atoms with Crippen molar-refractivity contribution >= 4 is 22.4 Å². The van der Waals surface area contributed by atoms with Gasteiger partial charge in [-0.05, 0) is 86.8 Å². The SMILES string of the molecule is Cc1cc(-c2cnc3cc(-c4ccc(N5CCC6(CCCN6)C5)nc4)ccn23)c2cc(F)ccc2n1. The van der Waals surface area contributed by atoms with Gasteiger partial charge in [0.2, 0.25) is 0 Å². The van der Waals surface area contributed by atoms with Gasteiger partial charge in [-0.1, -0.05) is 0 Å². The highest BCUT2D eigenvalue weighted by Crippen LogP contribution is 2.34. The van der Waals surface area contributed by atoms with Crippen LogP contribution in [0.5, 0.6) is 0 Å². The summed E-state index contributed by atoms with van der Waals surface area (Å²) < 4.78 is 16.1. The molecular formula is C29H27FN6. The van der Waals surface area contributed by atoms with E-state index in [4.69, 9.17) is 4.98 Å². The van der Waals surface area contributed by atoms with Crippen LogP contribution in [0.25, 0.3) is 38.9 Å². The summed E-state index contributed by atoms with van der Waals surface area (Å²) >= 11 is 0. The molecule has 7 rings (SSSR count). The second kappa shape index (κ2) is 8.10. The molecule has 180 valence electrons. The smallest absolute Gasteiger partial charge is 0.137 e. The van der Waals surface area contributed by atoms with Crippen molar-refractivity contribution in [3.8, 4) is 22.4 Å². The second-order valence-electron chi connectivity index (χ2n) is 10.1. The zero-order valence-corrected chi connectivity index (χ0v) is 20.2. The lowest BCUT2D eigenvalue weighted by atomic mass is 9.97.